The monoisotopic (exact) mass is 483 g/mol. The average molecular weight is 484 g/mol. The predicted molar refractivity (Wildman–Crippen MR) is 137 cm³/mol. The van der Waals surface area contributed by atoms with Crippen LogP contribution < -0.4 is 10.6 Å². The number of hydrogen-bond donors (Lipinski definition) is 3. The Morgan fingerprint density at radius 1 is 1.09 bits per heavy atom. The molecule has 0 fully saturated rings. The molecule has 1 unspecified atom stereocenters. The Morgan fingerprint density at radius 2 is 1.85 bits per heavy atom. The quantitative estimate of drug-likeness (QED) is 0.307. The first kappa shape index (κ1) is 25.6. The van der Waals surface area contributed by atoms with Gasteiger partial charge in [0.25, 0.3) is 0 Å². The zero-order valence-electron chi connectivity index (χ0n) is 20.0. The molecule has 0 aliphatic carbocycles. The van der Waals surface area contributed by atoms with E-state index >= 15 is 0 Å². The van der Waals surface area contributed by atoms with Gasteiger partial charge in [0.1, 0.15) is 11.0 Å². The number of phenols is 1. The van der Waals surface area contributed by atoms with Crippen molar-refractivity contribution in [3.8, 4) is 17.2 Å². The Kier molecular flexibility index (Phi) is 9.78. The molecule has 1 heterocycles. The Bertz CT molecular complexity index is 1040. The van der Waals surface area contributed by atoms with Crippen molar-refractivity contribution in [3.63, 3.8) is 0 Å². The number of aromatic nitrogens is 2. The molecule has 0 saturated heterocycles. The summed E-state index contributed by atoms with van der Waals surface area (Å²) in [6.07, 6.45) is 3.16. The third kappa shape index (κ3) is 7.50. The van der Waals surface area contributed by atoms with Crippen LogP contribution in [0, 0.1) is 0 Å². The molecular formula is C25H33N5O3S. The molecule has 0 bridgehead atoms. The molecule has 2 aromatic carbocycles. The number of nitrogens with one attached hydrogen (secondary N) is 2. The van der Waals surface area contributed by atoms with Gasteiger partial charge in [0.05, 0.1) is 0 Å². The summed E-state index contributed by atoms with van der Waals surface area (Å²) in [4.78, 5) is 14.3. The number of phenolic OH excluding ortho intramolecular Hbond substituents is 1. The van der Waals surface area contributed by atoms with E-state index in [4.69, 9.17) is 4.42 Å². The molecule has 182 valence electrons. The first-order valence-electron chi connectivity index (χ1n) is 11.5. The highest BCUT2D eigenvalue weighted by Gasteiger charge is 2.23. The SMILES string of the molecule is CCSC(c1nnc(-c2ccc(NC(=O)NCCCCCN(C)C)cc2)o1)c1ccccc1O. The molecule has 3 rings (SSSR count). The van der Waals surface area contributed by atoms with Crippen LogP contribution in [0.3, 0.4) is 0 Å². The van der Waals surface area contributed by atoms with Crippen molar-refractivity contribution in [1.82, 2.24) is 20.4 Å². The lowest BCUT2D eigenvalue weighted by atomic mass is 10.1. The van der Waals surface area contributed by atoms with E-state index in [1.54, 1.807) is 36.0 Å². The highest BCUT2D eigenvalue weighted by molar-refractivity contribution is 7.99. The minimum atomic E-state index is -0.250. The molecule has 34 heavy (non-hydrogen) atoms. The number of rotatable bonds is 12. The molecule has 1 aromatic heterocycles. The lowest BCUT2D eigenvalue weighted by molar-refractivity contribution is 0.252. The topological polar surface area (TPSA) is 104 Å². The molecule has 0 radical (unpaired) electrons. The van der Waals surface area contributed by atoms with E-state index in [0.717, 1.165) is 42.7 Å². The van der Waals surface area contributed by atoms with E-state index in [1.165, 1.54) is 0 Å². The van der Waals surface area contributed by atoms with E-state index in [2.05, 4.69) is 39.8 Å². The summed E-state index contributed by atoms with van der Waals surface area (Å²) in [7, 11) is 4.13. The number of anilines is 1. The third-order valence-corrected chi connectivity index (χ3v) is 6.30. The van der Waals surface area contributed by atoms with Gasteiger partial charge in [-0.05, 0) is 69.6 Å². The summed E-state index contributed by atoms with van der Waals surface area (Å²) in [6, 6.07) is 14.2. The molecule has 0 aliphatic heterocycles. The normalized spacial score (nSPS) is 12.0. The maximum absolute atomic E-state index is 12.1. The van der Waals surface area contributed by atoms with E-state index in [-0.39, 0.29) is 17.0 Å². The molecule has 1 atom stereocenters. The highest BCUT2D eigenvalue weighted by Crippen LogP contribution is 2.39. The zero-order chi connectivity index (χ0) is 24.3. The van der Waals surface area contributed by atoms with Crippen LogP contribution in [0.1, 0.15) is 42.9 Å². The summed E-state index contributed by atoms with van der Waals surface area (Å²) in [5.41, 5.74) is 2.18. The number of carbonyl (C=O) groups is 1. The number of aromatic hydroxyl groups is 1. The number of nitrogens with zero attached hydrogens (tertiary/aromatic N) is 3. The van der Waals surface area contributed by atoms with Gasteiger partial charge < -0.3 is 25.1 Å². The van der Waals surface area contributed by atoms with Crippen LogP contribution in [0.5, 0.6) is 5.75 Å². The van der Waals surface area contributed by atoms with Gasteiger partial charge in [-0.25, -0.2) is 4.79 Å². The molecule has 0 saturated carbocycles. The Hall–Kier alpha value is -3.04. The fourth-order valence-corrected chi connectivity index (χ4v) is 4.38. The summed E-state index contributed by atoms with van der Waals surface area (Å²) >= 11 is 1.61. The van der Waals surface area contributed by atoms with Crippen LogP contribution in [-0.2, 0) is 0 Å². The van der Waals surface area contributed by atoms with Crippen molar-refractivity contribution >= 4 is 23.5 Å². The molecule has 3 aromatic rings. The van der Waals surface area contributed by atoms with Crippen molar-refractivity contribution in [3.05, 3.63) is 60.0 Å². The molecule has 3 N–H and O–H groups in total. The number of para-hydroxylation sites is 1. The third-order valence-electron chi connectivity index (χ3n) is 5.17. The van der Waals surface area contributed by atoms with Gasteiger partial charge in [-0.3, -0.25) is 0 Å². The minimum absolute atomic E-state index is 0.204. The molecule has 0 spiro atoms. The summed E-state index contributed by atoms with van der Waals surface area (Å²) in [5, 5.41) is 24.2. The van der Waals surface area contributed by atoms with Crippen LogP contribution in [0.15, 0.2) is 52.9 Å². The van der Waals surface area contributed by atoms with E-state index in [1.807, 2.05) is 31.2 Å². The largest absolute Gasteiger partial charge is 0.508 e. The summed E-state index contributed by atoms with van der Waals surface area (Å²) < 4.78 is 5.96. The first-order valence-corrected chi connectivity index (χ1v) is 12.6. The molecule has 9 heteroatoms. The van der Waals surface area contributed by atoms with Gasteiger partial charge in [-0.2, -0.15) is 0 Å². The maximum Gasteiger partial charge on any atom is 0.319 e. The molecule has 2 amide bonds. The smallest absolute Gasteiger partial charge is 0.319 e. The van der Waals surface area contributed by atoms with Gasteiger partial charge in [0, 0.05) is 23.4 Å². The number of thioether (sulfide) groups is 1. The van der Waals surface area contributed by atoms with Gasteiger partial charge in [-0.15, -0.1) is 22.0 Å². The van der Waals surface area contributed by atoms with Crippen LogP contribution in [0.4, 0.5) is 10.5 Å². The molecule has 8 nitrogen and oxygen atoms in total. The van der Waals surface area contributed by atoms with Gasteiger partial charge in [-0.1, -0.05) is 31.5 Å². The number of amides is 2. The van der Waals surface area contributed by atoms with Gasteiger partial charge in [0.2, 0.25) is 11.8 Å². The number of carbonyl (C=O) groups excluding carboxylic acids is 1. The van der Waals surface area contributed by atoms with E-state index in [9.17, 15) is 9.90 Å². The second kappa shape index (κ2) is 13.0. The summed E-state index contributed by atoms with van der Waals surface area (Å²) in [5.74, 6) is 1.86. The number of urea groups is 1. The fraction of sp³-hybridized carbons (Fsp3) is 0.400. The van der Waals surface area contributed by atoms with Crippen LogP contribution in [0.2, 0.25) is 0 Å². The molecule has 0 aliphatic rings. The second-order valence-electron chi connectivity index (χ2n) is 8.16. The van der Waals surface area contributed by atoms with Crippen molar-refractivity contribution < 1.29 is 14.3 Å². The Balaban J connectivity index is 1.56. The maximum atomic E-state index is 12.1. The van der Waals surface area contributed by atoms with E-state index < -0.39 is 0 Å². The first-order chi connectivity index (χ1) is 16.5. The number of unbranched alkanes of at least 4 members (excludes halogenated alkanes) is 2. The van der Waals surface area contributed by atoms with Crippen LogP contribution in [0.25, 0.3) is 11.5 Å². The lowest BCUT2D eigenvalue weighted by Crippen LogP contribution is -2.29. The Labute approximate surface area is 205 Å². The van der Waals surface area contributed by atoms with Crippen molar-refractivity contribution in [1.29, 1.82) is 0 Å². The van der Waals surface area contributed by atoms with Gasteiger partial charge in [0.15, 0.2) is 0 Å². The van der Waals surface area contributed by atoms with Gasteiger partial charge >= 0.3 is 6.03 Å². The minimum Gasteiger partial charge on any atom is -0.508 e. The highest BCUT2D eigenvalue weighted by atomic mass is 32.2. The number of hydrogen-bond acceptors (Lipinski definition) is 7. The van der Waals surface area contributed by atoms with Crippen molar-refractivity contribution in [2.75, 3.05) is 38.3 Å². The molecular weight excluding hydrogens is 450 g/mol. The summed E-state index contributed by atoms with van der Waals surface area (Å²) in [6.45, 7) is 3.75. The van der Waals surface area contributed by atoms with E-state index in [0.29, 0.717) is 24.0 Å². The Morgan fingerprint density at radius 3 is 2.56 bits per heavy atom. The van der Waals surface area contributed by atoms with Crippen molar-refractivity contribution in [2.45, 2.75) is 31.4 Å². The standard InChI is InChI=1S/C25H33N5O3S/c1-4-34-22(20-10-6-7-11-21(20)31)24-29-28-23(33-24)18-12-14-19(15-13-18)27-25(32)26-16-8-5-9-17-30(2)3/h6-7,10-15,22,31H,4-5,8-9,16-17H2,1-3H3,(H2,26,27,32). The van der Waals surface area contributed by atoms with Crippen LogP contribution >= 0.6 is 11.8 Å². The fourth-order valence-electron chi connectivity index (χ4n) is 3.43. The second-order valence-corrected chi connectivity index (χ2v) is 9.54. The predicted octanol–water partition coefficient (Wildman–Crippen LogP) is 5.14. The number of benzene rings is 2. The zero-order valence-corrected chi connectivity index (χ0v) is 20.8. The average Bonchev–Trinajstić information content (AvgIpc) is 3.30. The van der Waals surface area contributed by atoms with Crippen molar-refractivity contribution in [2.24, 2.45) is 0 Å². The van der Waals surface area contributed by atoms with Crippen LogP contribution in [-0.4, -0.2) is 59.2 Å². The lowest BCUT2D eigenvalue weighted by Gasteiger charge is -2.13.